The first-order valence-electron chi connectivity index (χ1n) is 5.85. The predicted molar refractivity (Wildman–Crippen MR) is 57.7 cm³/mol. The van der Waals surface area contributed by atoms with Crippen molar-refractivity contribution >= 4 is 0 Å². The Hall–Kier alpha value is -0.910. The van der Waals surface area contributed by atoms with Gasteiger partial charge in [0.2, 0.25) is 0 Å². The first-order valence-corrected chi connectivity index (χ1v) is 5.85. The normalized spacial score (nSPS) is 21.3. The number of rotatable bonds is 2. The monoisotopic (exact) mass is 223 g/mol. The molecule has 0 saturated carbocycles. The summed E-state index contributed by atoms with van der Waals surface area (Å²) < 4.78 is 12.9. The molecule has 0 aromatic carbocycles. The van der Waals surface area contributed by atoms with Crippen molar-refractivity contribution in [2.24, 2.45) is 5.73 Å². The molecule has 0 bridgehead atoms. The van der Waals surface area contributed by atoms with Gasteiger partial charge in [-0.3, -0.25) is 4.68 Å². The molecule has 0 amide bonds. The van der Waals surface area contributed by atoms with Gasteiger partial charge in [-0.2, -0.15) is 5.10 Å². The molecule has 1 fully saturated rings. The molecule has 0 aliphatic carbocycles. The quantitative estimate of drug-likeness (QED) is 0.802. The largest absolute Gasteiger partial charge is 0.381 e. The molecule has 0 spiro atoms. The molecular weight excluding hydrogens is 206 g/mol. The van der Waals surface area contributed by atoms with Gasteiger partial charge in [-0.1, -0.05) is 0 Å². The summed E-state index contributed by atoms with van der Waals surface area (Å²) in [5, 5.41) is 4.64. The maximum atomic E-state index is 5.83. The number of ether oxygens (including phenoxy) is 2. The summed E-state index contributed by atoms with van der Waals surface area (Å²) in [6.45, 7) is 3.51. The minimum absolute atomic E-state index is 0.456. The van der Waals surface area contributed by atoms with Crippen molar-refractivity contribution in [1.29, 1.82) is 0 Å². The van der Waals surface area contributed by atoms with Gasteiger partial charge >= 0.3 is 0 Å². The van der Waals surface area contributed by atoms with Crippen LogP contribution in [0.2, 0.25) is 0 Å². The minimum atomic E-state index is 0.456. The van der Waals surface area contributed by atoms with Crippen LogP contribution in [0.3, 0.4) is 0 Å². The molecule has 16 heavy (non-hydrogen) atoms. The highest BCUT2D eigenvalue weighted by Crippen LogP contribution is 2.28. The summed E-state index contributed by atoms with van der Waals surface area (Å²) in [5.74, 6) is 0. The average molecular weight is 223 g/mol. The maximum absolute atomic E-state index is 5.83. The Morgan fingerprint density at radius 3 is 2.81 bits per heavy atom. The third-order valence-corrected chi connectivity index (χ3v) is 3.42. The second-order valence-electron chi connectivity index (χ2n) is 4.36. The number of aromatic nitrogens is 2. The lowest BCUT2D eigenvalue weighted by molar-refractivity contribution is 0.0641. The van der Waals surface area contributed by atoms with Gasteiger partial charge in [-0.05, 0) is 12.8 Å². The highest BCUT2D eigenvalue weighted by Gasteiger charge is 2.26. The summed E-state index contributed by atoms with van der Waals surface area (Å²) >= 11 is 0. The summed E-state index contributed by atoms with van der Waals surface area (Å²) in [4.78, 5) is 0. The lowest BCUT2D eigenvalue weighted by atomic mass is 10.1. The zero-order valence-corrected chi connectivity index (χ0v) is 9.32. The van der Waals surface area contributed by atoms with Crippen LogP contribution in [0.5, 0.6) is 0 Å². The fourth-order valence-corrected chi connectivity index (χ4v) is 2.54. The van der Waals surface area contributed by atoms with Crippen LogP contribution in [0.1, 0.15) is 35.8 Å². The standard InChI is InChI=1S/C11H17N3O2/c12-5-11-9-6-16-7-10(9)13-14(11)8-1-3-15-4-2-8/h8H,1-7,12H2. The van der Waals surface area contributed by atoms with Crippen molar-refractivity contribution < 1.29 is 9.47 Å². The molecular formula is C11H17N3O2. The smallest absolute Gasteiger partial charge is 0.0940 e. The van der Waals surface area contributed by atoms with Crippen LogP contribution >= 0.6 is 0 Å². The first kappa shape index (κ1) is 10.3. The lowest BCUT2D eigenvalue weighted by Gasteiger charge is -2.24. The molecule has 2 N–H and O–H groups in total. The van der Waals surface area contributed by atoms with E-state index in [-0.39, 0.29) is 0 Å². The summed E-state index contributed by atoms with van der Waals surface area (Å²) in [6, 6.07) is 0.456. The SMILES string of the molecule is NCc1c2c(nn1C1CCOCC1)COC2. The summed E-state index contributed by atoms with van der Waals surface area (Å²) in [5.41, 5.74) is 9.27. The summed E-state index contributed by atoms with van der Waals surface area (Å²) in [7, 11) is 0. The molecule has 3 heterocycles. The zero-order chi connectivity index (χ0) is 11.0. The van der Waals surface area contributed by atoms with E-state index in [4.69, 9.17) is 15.2 Å². The van der Waals surface area contributed by atoms with Crippen molar-refractivity contribution in [1.82, 2.24) is 9.78 Å². The van der Waals surface area contributed by atoms with Crippen LogP contribution in [0.15, 0.2) is 0 Å². The van der Waals surface area contributed by atoms with Crippen LogP contribution in [0.25, 0.3) is 0 Å². The Bertz CT molecular complexity index is 383. The first-order chi connectivity index (χ1) is 7.90. The molecule has 2 aliphatic rings. The number of fused-ring (bicyclic) bond motifs is 1. The van der Waals surface area contributed by atoms with Crippen LogP contribution in [0.4, 0.5) is 0 Å². The van der Waals surface area contributed by atoms with Gasteiger partial charge in [0.05, 0.1) is 30.6 Å². The number of hydrogen-bond donors (Lipinski definition) is 1. The van der Waals surface area contributed by atoms with Gasteiger partial charge in [0, 0.05) is 25.3 Å². The molecule has 5 nitrogen and oxygen atoms in total. The maximum Gasteiger partial charge on any atom is 0.0940 e. The van der Waals surface area contributed by atoms with E-state index in [0.29, 0.717) is 25.8 Å². The second-order valence-corrected chi connectivity index (χ2v) is 4.36. The van der Waals surface area contributed by atoms with E-state index < -0.39 is 0 Å². The Kier molecular flexibility index (Phi) is 2.67. The van der Waals surface area contributed by atoms with E-state index in [0.717, 1.165) is 37.4 Å². The highest BCUT2D eigenvalue weighted by atomic mass is 16.5. The van der Waals surface area contributed by atoms with E-state index >= 15 is 0 Å². The Morgan fingerprint density at radius 2 is 2.06 bits per heavy atom. The predicted octanol–water partition coefficient (Wildman–Crippen LogP) is 0.723. The number of hydrogen-bond acceptors (Lipinski definition) is 4. The third kappa shape index (κ3) is 1.55. The molecule has 1 aromatic heterocycles. The zero-order valence-electron chi connectivity index (χ0n) is 9.32. The Balaban J connectivity index is 1.93. The highest BCUT2D eigenvalue weighted by molar-refractivity contribution is 5.28. The van der Waals surface area contributed by atoms with Crippen molar-refractivity contribution in [3.63, 3.8) is 0 Å². The van der Waals surface area contributed by atoms with E-state index in [2.05, 4.69) is 9.78 Å². The van der Waals surface area contributed by atoms with E-state index in [1.54, 1.807) is 0 Å². The fourth-order valence-electron chi connectivity index (χ4n) is 2.54. The van der Waals surface area contributed by atoms with E-state index in [9.17, 15) is 0 Å². The van der Waals surface area contributed by atoms with Gasteiger partial charge in [0.1, 0.15) is 0 Å². The number of nitrogens with zero attached hydrogens (tertiary/aromatic N) is 2. The van der Waals surface area contributed by atoms with Crippen LogP contribution < -0.4 is 5.73 Å². The van der Waals surface area contributed by atoms with Crippen molar-refractivity contribution in [3.05, 3.63) is 17.0 Å². The number of nitrogens with two attached hydrogens (primary N) is 1. The van der Waals surface area contributed by atoms with Crippen LogP contribution in [0, 0.1) is 0 Å². The molecule has 0 radical (unpaired) electrons. The second kappa shape index (κ2) is 4.16. The Morgan fingerprint density at radius 1 is 1.25 bits per heavy atom. The minimum Gasteiger partial charge on any atom is -0.381 e. The van der Waals surface area contributed by atoms with E-state index in [1.165, 1.54) is 5.56 Å². The molecule has 0 unspecified atom stereocenters. The molecule has 0 atom stereocenters. The lowest BCUT2D eigenvalue weighted by Crippen LogP contribution is -2.23. The van der Waals surface area contributed by atoms with Crippen molar-refractivity contribution in [2.45, 2.75) is 38.6 Å². The van der Waals surface area contributed by atoms with Crippen LogP contribution in [-0.2, 0) is 29.2 Å². The molecule has 3 rings (SSSR count). The molecule has 5 heteroatoms. The molecule has 88 valence electrons. The van der Waals surface area contributed by atoms with Gasteiger partial charge in [-0.25, -0.2) is 0 Å². The van der Waals surface area contributed by atoms with Gasteiger partial charge in [0.25, 0.3) is 0 Å². The Labute approximate surface area is 94.5 Å². The summed E-state index contributed by atoms with van der Waals surface area (Å²) in [6.07, 6.45) is 2.07. The van der Waals surface area contributed by atoms with Crippen molar-refractivity contribution in [3.8, 4) is 0 Å². The average Bonchev–Trinajstić information content (AvgIpc) is 2.89. The van der Waals surface area contributed by atoms with Gasteiger partial charge in [-0.15, -0.1) is 0 Å². The fraction of sp³-hybridized carbons (Fsp3) is 0.727. The molecule has 1 saturated heterocycles. The van der Waals surface area contributed by atoms with E-state index in [1.807, 2.05) is 0 Å². The van der Waals surface area contributed by atoms with Crippen LogP contribution in [-0.4, -0.2) is 23.0 Å². The third-order valence-electron chi connectivity index (χ3n) is 3.42. The topological polar surface area (TPSA) is 62.3 Å². The molecule has 2 aliphatic heterocycles. The molecule has 1 aromatic rings. The van der Waals surface area contributed by atoms with Gasteiger partial charge in [0.15, 0.2) is 0 Å². The van der Waals surface area contributed by atoms with Crippen molar-refractivity contribution in [2.75, 3.05) is 13.2 Å². The van der Waals surface area contributed by atoms with Gasteiger partial charge < -0.3 is 15.2 Å².